The first-order chi connectivity index (χ1) is 12.5. The SMILES string of the molecule is CC(C)(O)C#Cc1cccn2ncc(C3=CC4C=CN=C(C=C3)C=C4)c12. The number of fused-ring (bicyclic) bond motifs is 3. The summed E-state index contributed by atoms with van der Waals surface area (Å²) < 4.78 is 1.83. The van der Waals surface area contributed by atoms with Crippen LogP contribution in [0.2, 0.25) is 0 Å². The van der Waals surface area contributed by atoms with Crippen LogP contribution in [-0.2, 0) is 0 Å². The minimum Gasteiger partial charge on any atom is -0.378 e. The Kier molecular flexibility index (Phi) is 3.95. The maximum atomic E-state index is 9.94. The molecule has 0 radical (unpaired) electrons. The average Bonchev–Trinajstić information content (AvgIpc) is 2.93. The van der Waals surface area contributed by atoms with Gasteiger partial charge in [-0.25, -0.2) is 4.52 Å². The summed E-state index contributed by atoms with van der Waals surface area (Å²) in [6.45, 7) is 3.36. The molecular formula is C22H19N3O. The third-order valence-corrected chi connectivity index (χ3v) is 4.18. The lowest BCUT2D eigenvalue weighted by atomic mass is 9.96. The van der Waals surface area contributed by atoms with Crippen LogP contribution in [0.4, 0.5) is 0 Å². The highest BCUT2D eigenvalue weighted by atomic mass is 16.3. The first-order valence-corrected chi connectivity index (χ1v) is 8.54. The number of nitrogens with zero attached hydrogens (tertiary/aromatic N) is 3. The Bertz CT molecular complexity index is 1080. The lowest BCUT2D eigenvalue weighted by Gasteiger charge is -2.09. The Balaban J connectivity index is 1.89. The number of hydrogen-bond donors (Lipinski definition) is 1. The van der Waals surface area contributed by atoms with Crippen LogP contribution >= 0.6 is 0 Å². The first-order valence-electron chi connectivity index (χ1n) is 8.54. The van der Waals surface area contributed by atoms with E-state index in [0.29, 0.717) is 0 Å². The van der Waals surface area contributed by atoms with Gasteiger partial charge in [0.15, 0.2) is 0 Å². The van der Waals surface area contributed by atoms with Crippen LogP contribution in [0.3, 0.4) is 0 Å². The van der Waals surface area contributed by atoms with Crippen molar-refractivity contribution in [3.8, 4) is 11.8 Å². The Morgan fingerprint density at radius 3 is 2.92 bits per heavy atom. The summed E-state index contributed by atoms with van der Waals surface area (Å²) in [4.78, 5) is 4.41. The van der Waals surface area contributed by atoms with Gasteiger partial charge in [-0.1, -0.05) is 36.1 Å². The Hall–Kier alpha value is -3.16. The number of aliphatic hydroxyl groups is 1. The Morgan fingerprint density at radius 1 is 1.19 bits per heavy atom. The molecule has 1 N–H and O–H groups in total. The monoisotopic (exact) mass is 341 g/mol. The van der Waals surface area contributed by atoms with Crippen LogP contribution in [-0.4, -0.2) is 26.0 Å². The van der Waals surface area contributed by atoms with Crippen LogP contribution in [0.15, 0.2) is 72.2 Å². The number of allylic oxidation sites excluding steroid dienone is 7. The van der Waals surface area contributed by atoms with Crippen LogP contribution in [0, 0.1) is 17.8 Å². The van der Waals surface area contributed by atoms with Crippen LogP contribution in [0.25, 0.3) is 11.1 Å². The van der Waals surface area contributed by atoms with Crippen molar-refractivity contribution >= 4 is 16.8 Å². The van der Waals surface area contributed by atoms with Gasteiger partial charge < -0.3 is 5.11 Å². The molecule has 2 aromatic rings. The Morgan fingerprint density at radius 2 is 2.08 bits per heavy atom. The molecule has 4 heteroatoms. The largest absolute Gasteiger partial charge is 0.378 e. The van der Waals surface area contributed by atoms with Gasteiger partial charge >= 0.3 is 0 Å². The molecule has 4 nitrogen and oxygen atoms in total. The molecule has 0 aromatic carbocycles. The predicted octanol–water partition coefficient (Wildman–Crippen LogP) is 3.55. The number of aliphatic imine (C=N–C) groups is 1. The van der Waals surface area contributed by atoms with E-state index in [0.717, 1.165) is 27.9 Å². The lowest BCUT2D eigenvalue weighted by molar-refractivity contribution is 0.143. The number of pyridine rings is 1. The summed E-state index contributed by atoms with van der Waals surface area (Å²) in [6.07, 6.45) is 18.1. The highest BCUT2D eigenvalue weighted by Gasteiger charge is 2.14. The van der Waals surface area contributed by atoms with Gasteiger partial charge in [-0.15, -0.1) is 0 Å². The summed E-state index contributed by atoms with van der Waals surface area (Å²) in [7, 11) is 0. The maximum Gasteiger partial charge on any atom is 0.120 e. The summed E-state index contributed by atoms with van der Waals surface area (Å²) >= 11 is 0. The van der Waals surface area contributed by atoms with Gasteiger partial charge in [0.2, 0.25) is 0 Å². The zero-order chi connectivity index (χ0) is 18.1. The standard InChI is InChI=1S/C22H19N3O/c1-22(2,26)11-9-17-4-3-13-25-21(17)20(15-24-25)18-6-8-19-7-5-16(14-18)10-12-23-19/h3-8,10,12-16,26H,1-2H3. The smallest absolute Gasteiger partial charge is 0.120 e. The van der Waals surface area contributed by atoms with Crippen LogP contribution in [0.1, 0.15) is 25.0 Å². The topological polar surface area (TPSA) is 49.9 Å². The van der Waals surface area contributed by atoms with Gasteiger partial charge in [0.05, 0.1) is 23.0 Å². The fraction of sp³-hybridized carbons (Fsp3) is 0.182. The van der Waals surface area contributed by atoms with Gasteiger partial charge in [0.25, 0.3) is 0 Å². The van der Waals surface area contributed by atoms with Crippen molar-refractivity contribution < 1.29 is 5.11 Å². The minimum absolute atomic E-state index is 0.181. The molecule has 1 atom stereocenters. The van der Waals surface area contributed by atoms with Gasteiger partial charge in [0.1, 0.15) is 5.60 Å². The van der Waals surface area contributed by atoms with Crippen molar-refractivity contribution in [2.45, 2.75) is 19.4 Å². The second kappa shape index (κ2) is 6.29. The van der Waals surface area contributed by atoms with E-state index in [-0.39, 0.29) is 5.92 Å². The van der Waals surface area contributed by atoms with Gasteiger partial charge in [-0.2, -0.15) is 5.10 Å². The zero-order valence-electron chi connectivity index (χ0n) is 14.7. The van der Waals surface area contributed by atoms with Crippen molar-refractivity contribution in [2.75, 3.05) is 0 Å². The molecule has 1 aliphatic heterocycles. The molecule has 26 heavy (non-hydrogen) atoms. The zero-order valence-corrected chi connectivity index (χ0v) is 14.7. The molecule has 2 bridgehead atoms. The third kappa shape index (κ3) is 3.30. The average molecular weight is 341 g/mol. The highest BCUT2D eigenvalue weighted by molar-refractivity contribution is 6.06. The fourth-order valence-corrected chi connectivity index (χ4v) is 2.95. The van der Waals surface area contributed by atoms with Gasteiger partial charge in [-0.3, -0.25) is 4.99 Å². The second-order valence-corrected chi connectivity index (χ2v) is 6.87. The van der Waals surface area contributed by atoms with Crippen molar-refractivity contribution in [3.05, 3.63) is 78.3 Å². The van der Waals surface area contributed by atoms with Gasteiger partial charge in [0, 0.05) is 23.9 Å². The number of rotatable bonds is 1. The molecule has 4 rings (SSSR count). The van der Waals surface area contributed by atoms with Crippen LogP contribution < -0.4 is 0 Å². The molecule has 1 unspecified atom stereocenters. The van der Waals surface area contributed by atoms with E-state index >= 15 is 0 Å². The summed E-state index contributed by atoms with van der Waals surface area (Å²) in [5, 5.41) is 14.4. The highest BCUT2D eigenvalue weighted by Crippen LogP contribution is 2.27. The molecule has 0 saturated heterocycles. The van der Waals surface area contributed by atoms with Crippen molar-refractivity contribution in [1.82, 2.24) is 9.61 Å². The molecule has 2 aliphatic rings. The summed E-state index contributed by atoms with van der Waals surface area (Å²) in [5.41, 5.74) is 3.74. The van der Waals surface area contributed by atoms with Crippen molar-refractivity contribution in [1.29, 1.82) is 0 Å². The number of aromatic nitrogens is 2. The predicted molar refractivity (Wildman–Crippen MR) is 105 cm³/mol. The minimum atomic E-state index is -1.04. The maximum absolute atomic E-state index is 9.94. The fourth-order valence-electron chi connectivity index (χ4n) is 2.95. The molecule has 128 valence electrons. The van der Waals surface area contributed by atoms with E-state index < -0.39 is 5.60 Å². The quantitative estimate of drug-likeness (QED) is 0.807. The molecule has 3 heterocycles. The lowest BCUT2D eigenvalue weighted by Crippen LogP contribution is -2.14. The summed E-state index contributed by atoms with van der Waals surface area (Å²) in [6, 6.07) is 3.86. The molecule has 0 saturated carbocycles. The van der Waals surface area contributed by atoms with Crippen LogP contribution in [0.5, 0.6) is 0 Å². The number of hydrogen-bond acceptors (Lipinski definition) is 3. The van der Waals surface area contributed by atoms with E-state index in [1.807, 2.05) is 47.4 Å². The third-order valence-electron chi connectivity index (χ3n) is 4.18. The molecule has 0 amide bonds. The van der Waals surface area contributed by atoms with Crippen molar-refractivity contribution in [3.63, 3.8) is 0 Å². The molecular weight excluding hydrogens is 322 g/mol. The van der Waals surface area contributed by atoms with Gasteiger partial charge in [-0.05, 0) is 43.7 Å². The first kappa shape index (κ1) is 16.3. The van der Waals surface area contributed by atoms with E-state index in [2.05, 4.69) is 46.2 Å². The van der Waals surface area contributed by atoms with E-state index in [1.165, 1.54) is 0 Å². The summed E-state index contributed by atoms with van der Waals surface area (Å²) in [5.74, 6) is 6.18. The molecule has 1 aliphatic carbocycles. The molecule has 2 aromatic heterocycles. The molecule has 0 fully saturated rings. The van der Waals surface area contributed by atoms with E-state index in [4.69, 9.17) is 0 Å². The Labute approximate surface area is 152 Å². The normalized spacial score (nSPS) is 18.7. The molecule has 0 spiro atoms. The second-order valence-electron chi connectivity index (χ2n) is 6.87. The van der Waals surface area contributed by atoms with E-state index in [9.17, 15) is 5.11 Å². The van der Waals surface area contributed by atoms with Crippen molar-refractivity contribution in [2.24, 2.45) is 10.9 Å². The van der Waals surface area contributed by atoms with E-state index in [1.54, 1.807) is 13.8 Å².